The van der Waals surface area contributed by atoms with Crippen molar-refractivity contribution in [2.75, 3.05) is 31.6 Å². The minimum absolute atomic E-state index is 0.529. The number of halogens is 1. The van der Waals surface area contributed by atoms with E-state index in [9.17, 15) is 0 Å². The van der Waals surface area contributed by atoms with Crippen molar-refractivity contribution in [3.63, 3.8) is 0 Å². The molecule has 1 aliphatic heterocycles. The second-order valence-corrected chi connectivity index (χ2v) is 6.72. The Hall–Kier alpha value is 0.400. The lowest BCUT2D eigenvalue weighted by molar-refractivity contribution is -0.0271. The molecule has 0 aromatic rings. The molecule has 1 heterocycles. The molecule has 2 nitrogen and oxygen atoms in total. The predicted octanol–water partition coefficient (Wildman–Crippen LogP) is 3.83. The molecule has 0 bridgehead atoms. The van der Waals surface area contributed by atoms with Gasteiger partial charge in [0.2, 0.25) is 0 Å². The summed E-state index contributed by atoms with van der Waals surface area (Å²) in [4.78, 5) is 2.70. The van der Waals surface area contributed by atoms with Crippen LogP contribution in [0, 0.1) is 5.41 Å². The van der Waals surface area contributed by atoms with Gasteiger partial charge >= 0.3 is 0 Å². The van der Waals surface area contributed by atoms with Gasteiger partial charge in [0.25, 0.3) is 0 Å². The second kappa shape index (κ2) is 7.25. The molecule has 0 aromatic heterocycles. The Bertz CT molecular complexity index is 239. The topological polar surface area (TPSA) is 12.5 Å². The summed E-state index contributed by atoms with van der Waals surface area (Å²) >= 11 is 3.81. The van der Waals surface area contributed by atoms with E-state index in [1.54, 1.807) is 0 Å². The summed E-state index contributed by atoms with van der Waals surface area (Å²) in [6.45, 7) is 6.57. The van der Waals surface area contributed by atoms with Crippen molar-refractivity contribution < 1.29 is 4.74 Å². The van der Waals surface area contributed by atoms with Gasteiger partial charge in [-0.25, -0.2) is 0 Å². The van der Waals surface area contributed by atoms with Gasteiger partial charge in [-0.1, -0.05) is 48.5 Å². The number of hydrogen-bond acceptors (Lipinski definition) is 2. The number of morpholine rings is 1. The Balaban J connectivity index is 1.98. The molecule has 3 heteroatoms. The molecule has 2 rings (SSSR count). The van der Waals surface area contributed by atoms with Crippen molar-refractivity contribution in [2.45, 2.75) is 57.9 Å². The highest BCUT2D eigenvalue weighted by Crippen LogP contribution is 2.38. The van der Waals surface area contributed by atoms with Crippen molar-refractivity contribution in [2.24, 2.45) is 5.41 Å². The summed E-state index contributed by atoms with van der Waals surface area (Å²) in [5.74, 6) is 0. The minimum atomic E-state index is 0.529. The van der Waals surface area contributed by atoms with Crippen LogP contribution in [0.1, 0.15) is 51.9 Å². The van der Waals surface area contributed by atoms with E-state index < -0.39 is 0 Å². The second-order valence-electron chi connectivity index (χ2n) is 6.16. The van der Waals surface area contributed by atoms with Gasteiger partial charge in [0.05, 0.1) is 13.2 Å². The highest BCUT2D eigenvalue weighted by molar-refractivity contribution is 9.09. The van der Waals surface area contributed by atoms with Gasteiger partial charge in [-0.3, -0.25) is 4.90 Å². The monoisotopic (exact) mass is 317 g/mol. The predicted molar refractivity (Wildman–Crippen MR) is 80.4 cm³/mol. The summed E-state index contributed by atoms with van der Waals surface area (Å²) in [6, 6.07) is 0.651. The molecule has 0 radical (unpaired) electrons. The third kappa shape index (κ3) is 3.71. The number of alkyl halides is 1. The molecule has 1 saturated heterocycles. The van der Waals surface area contributed by atoms with Crippen LogP contribution < -0.4 is 0 Å². The van der Waals surface area contributed by atoms with Crippen LogP contribution in [-0.2, 0) is 4.74 Å². The summed E-state index contributed by atoms with van der Waals surface area (Å²) in [7, 11) is 0. The molecule has 1 saturated carbocycles. The standard InChI is InChI=1S/C15H28BrNO/c1-2-14-11-18-10-9-17(14)13-15(12-16)7-5-3-4-6-8-15/h14H,2-13H2,1H3. The van der Waals surface area contributed by atoms with Gasteiger partial charge in [-0.15, -0.1) is 0 Å². The first-order chi connectivity index (χ1) is 8.79. The normalized spacial score (nSPS) is 30.0. The first-order valence-electron chi connectivity index (χ1n) is 7.67. The Morgan fingerprint density at radius 2 is 1.94 bits per heavy atom. The molecule has 0 spiro atoms. The van der Waals surface area contributed by atoms with E-state index in [0.29, 0.717) is 11.5 Å². The first kappa shape index (κ1) is 14.8. The number of hydrogen-bond donors (Lipinski definition) is 0. The van der Waals surface area contributed by atoms with E-state index in [1.165, 1.54) is 56.8 Å². The highest BCUT2D eigenvalue weighted by Gasteiger charge is 2.34. The molecule has 0 amide bonds. The van der Waals surface area contributed by atoms with E-state index in [2.05, 4.69) is 27.8 Å². The van der Waals surface area contributed by atoms with Crippen molar-refractivity contribution in [3.05, 3.63) is 0 Å². The van der Waals surface area contributed by atoms with Crippen LogP contribution in [0.25, 0.3) is 0 Å². The summed E-state index contributed by atoms with van der Waals surface area (Å²) in [5.41, 5.74) is 0.529. The van der Waals surface area contributed by atoms with Crippen molar-refractivity contribution in [3.8, 4) is 0 Å². The van der Waals surface area contributed by atoms with Gasteiger partial charge in [0.1, 0.15) is 0 Å². The molecular weight excluding hydrogens is 290 g/mol. The van der Waals surface area contributed by atoms with E-state index in [1.807, 2.05) is 0 Å². The zero-order chi connectivity index (χ0) is 12.8. The third-order valence-electron chi connectivity index (χ3n) is 4.81. The maximum absolute atomic E-state index is 5.63. The van der Waals surface area contributed by atoms with Gasteiger partial charge in [0.15, 0.2) is 0 Å². The molecule has 2 aliphatic rings. The average Bonchev–Trinajstić information content (AvgIpc) is 2.66. The fourth-order valence-electron chi connectivity index (χ4n) is 3.52. The Kier molecular flexibility index (Phi) is 5.96. The SMILES string of the molecule is CCC1COCCN1CC1(CBr)CCCCCC1. The van der Waals surface area contributed by atoms with Crippen LogP contribution in [-0.4, -0.2) is 42.6 Å². The average molecular weight is 318 g/mol. The minimum Gasteiger partial charge on any atom is -0.378 e. The Morgan fingerprint density at radius 1 is 1.22 bits per heavy atom. The fraction of sp³-hybridized carbons (Fsp3) is 1.00. The van der Waals surface area contributed by atoms with Gasteiger partial charge < -0.3 is 4.74 Å². The highest BCUT2D eigenvalue weighted by atomic mass is 79.9. The van der Waals surface area contributed by atoms with Gasteiger partial charge in [0, 0.05) is 24.5 Å². The molecule has 18 heavy (non-hydrogen) atoms. The summed E-state index contributed by atoms with van der Waals surface area (Å²) in [6.07, 6.45) is 9.76. The van der Waals surface area contributed by atoms with E-state index in [4.69, 9.17) is 4.74 Å². The zero-order valence-electron chi connectivity index (χ0n) is 11.8. The van der Waals surface area contributed by atoms with Crippen LogP contribution in [0.4, 0.5) is 0 Å². The van der Waals surface area contributed by atoms with Crippen molar-refractivity contribution >= 4 is 15.9 Å². The lowest BCUT2D eigenvalue weighted by Gasteiger charge is -2.42. The van der Waals surface area contributed by atoms with Crippen LogP contribution in [0.15, 0.2) is 0 Å². The van der Waals surface area contributed by atoms with E-state index >= 15 is 0 Å². The number of ether oxygens (including phenoxy) is 1. The zero-order valence-corrected chi connectivity index (χ0v) is 13.4. The van der Waals surface area contributed by atoms with Gasteiger partial charge in [-0.2, -0.15) is 0 Å². The molecular formula is C15H28BrNO. The number of rotatable bonds is 4. The lowest BCUT2D eigenvalue weighted by atomic mass is 9.81. The maximum atomic E-state index is 5.63. The molecule has 1 aliphatic carbocycles. The van der Waals surface area contributed by atoms with E-state index in [-0.39, 0.29) is 0 Å². The fourth-order valence-corrected chi connectivity index (χ4v) is 4.25. The summed E-state index contributed by atoms with van der Waals surface area (Å²) in [5, 5.41) is 1.17. The van der Waals surface area contributed by atoms with Crippen molar-refractivity contribution in [1.82, 2.24) is 4.90 Å². The molecule has 1 atom stereocenters. The van der Waals surface area contributed by atoms with Crippen LogP contribution in [0.2, 0.25) is 0 Å². The Labute approximate surface area is 121 Å². The quantitative estimate of drug-likeness (QED) is 0.577. The van der Waals surface area contributed by atoms with Crippen molar-refractivity contribution in [1.29, 1.82) is 0 Å². The van der Waals surface area contributed by atoms with Gasteiger partial charge in [-0.05, 0) is 24.7 Å². The summed E-state index contributed by atoms with van der Waals surface area (Å²) < 4.78 is 5.63. The van der Waals surface area contributed by atoms with Crippen LogP contribution >= 0.6 is 15.9 Å². The smallest absolute Gasteiger partial charge is 0.0622 e. The van der Waals surface area contributed by atoms with E-state index in [0.717, 1.165) is 19.8 Å². The van der Waals surface area contributed by atoms with Crippen LogP contribution in [0.5, 0.6) is 0 Å². The van der Waals surface area contributed by atoms with Crippen LogP contribution in [0.3, 0.4) is 0 Å². The lowest BCUT2D eigenvalue weighted by Crippen LogP contribution is -2.50. The molecule has 1 unspecified atom stereocenters. The maximum Gasteiger partial charge on any atom is 0.0622 e. The number of nitrogens with zero attached hydrogens (tertiary/aromatic N) is 1. The third-order valence-corrected chi connectivity index (χ3v) is 6.00. The molecule has 0 aromatic carbocycles. The first-order valence-corrected chi connectivity index (χ1v) is 8.79. The molecule has 2 fully saturated rings. The Morgan fingerprint density at radius 3 is 2.56 bits per heavy atom. The molecule has 0 N–H and O–H groups in total. The molecule has 106 valence electrons. The largest absolute Gasteiger partial charge is 0.378 e.